The van der Waals surface area contributed by atoms with Gasteiger partial charge in [0.15, 0.2) is 11.5 Å². The molecule has 33 heavy (non-hydrogen) atoms. The summed E-state index contributed by atoms with van der Waals surface area (Å²) in [7, 11) is 0. The zero-order valence-electron chi connectivity index (χ0n) is 18.0. The van der Waals surface area contributed by atoms with Gasteiger partial charge in [0.2, 0.25) is 0 Å². The Morgan fingerprint density at radius 2 is 1.70 bits per heavy atom. The lowest BCUT2D eigenvalue weighted by molar-refractivity contribution is -0.123. The number of benzene rings is 3. The van der Waals surface area contributed by atoms with Gasteiger partial charge in [0.25, 0.3) is 11.8 Å². The van der Waals surface area contributed by atoms with Gasteiger partial charge in [-0.15, -0.1) is 0 Å². The van der Waals surface area contributed by atoms with Crippen LogP contribution in [-0.2, 0) is 16.2 Å². The number of barbiturate groups is 1. The average Bonchev–Trinajstić information content (AvgIpc) is 2.77. The number of hydrogen-bond acceptors (Lipinski definition) is 5. The van der Waals surface area contributed by atoms with E-state index >= 15 is 0 Å². The van der Waals surface area contributed by atoms with Crippen LogP contribution >= 0.6 is 11.6 Å². The van der Waals surface area contributed by atoms with Crippen LogP contribution in [0.15, 0.2) is 54.1 Å². The first kappa shape index (κ1) is 22.4. The van der Waals surface area contributed by atoms with Gasteiger partial charge in [-0.2, -0.15) is 0 Å². The fourth-order valence-electron chi connectivity index (χ4n) is 3.63. The fourth-order valence-corrected chi connectivity index (χ4v) is 3.90. The van der Waals surface area contributed by atoms with Crippen LogP contribution in [-0.4, -0.2) is 24.5 Å². The van der Waals surface area contributed by atoms with E-state index in [0.29, 0.717) is 23.7 Å². The van der Waals surface area contributed by atoms with Crippen LogP contribution in [0.4, 0.5) is 4.79 Å². The molecular weight excluding hydrogens is 444 g/mol. The van der Waals surface area contributed by atoms with E-state index in [-0.39, 0.29) is 17.2 Å². The van der Waals surface area contributed by atoms with Crippen molar-refractivity contribution < 1.29 is 23.9 Å². The Bertz CT molecular complexity index is 1290. The van der Waals surface area contributed by atoms with E-state index in [2.05, 4.69) is 6.07 Å². The molecule has 0 atom stereocenters. The van der Waals surface area contributed by atoms with Crippen LogP contribution in [0, 0.1) is 6.92 Å². The molecule has 0 unspecified atom stereocenters. The second-order valence-electron chi connectivity index (χ2n) is 7.43. The van der Waals surface area contributed by atoms with E-state index in [1.807, 2.05) is 54.8 Å². The van der Waals surface area contributed by atoms with Crippen LogP contribution < -0.4 is 20.1 Å². The highest BCUT2D eigenvalue weighted by Crippen LogP contribution is 2.38. The molecule has 1 aliphatic rings. The zero-order chi connectivity index (χ0) is 23.5. The van der Waals surface area contributed by atoms with E-state index in [0.717, 1.165) is 21.9 Å². The number of rotatable bonds is 6. The monoisotopic (exact) mass is 464 g/mol. The number of halogens is 1. The lowest BCUT2D eigenvalue weighted by Crippen LogP contribution is -2.51. The van der Waals surface area contributed by atoms with Gasteiger partial charge >= 0.3 is 6.03 Å². The number of aryl methyl sites for hydroxylation is 1. The first-order valence-corrected chi connectivity index (χ1v) is 10.7. The molecule has 1 fully saturated rings. The molecule has 3 aromatic rings. The quantitative estimate of drug-likeness (QED) is 0.413. The minimum absolute atomic E-state index is 0.215. The summed E-state index contributed by atoms with van der Waals surface area (Å²) in [5, 5.41) is 6.54. The predicted octanol–water partition coefficient (Wildman–Crippen LogP) is 4.53. The number of imide groups is 2. The lowest BCUT2D eigenvalue weighted by atomic mass is 10.0. The molecule has 0 aromatic heterocycles. The number of carbonyl (C=O) groups excluding carboxylic acids is 3. The number of amides is 4. The van der Waals surface area contributed by atoms with Gasteiger partial charge in [0, 0.05) is 5.56 Å². The maximum absolute atomic E-state index is 12.0. The van der Waals surface area contributed by atoms with Crippen molar-refractivity contribution in [3.63, 3.8) is 0 Å². The largest absolute Gasteiger partial charge is 0.490 e. The zero-order valence-corrected chi connectivity index (χ0v) is 18.8. The summed E-state index contributed by atoms with van der Waals surface area (Å²) in [6, 6.07) is 14.5. The third kappa shape index (κ3) is 4.68. The molecule has 1 aliphatic heterocycles. The molecule has 4 rings (SSSR count). The molecule has 1 saturated heterocycles. The summed E-state index contributed by atoms with van der Waals surface area (Å²) in [5.74, 6) is -0.836. The predicted molar refractivity (Wildman–Crippen MR) is 125 cm³/mol. The highest BCUT2D eigenvalue weighted by atomic mass is 35.5. The Labute approximate surface area is 195 Å². The molecule has 7 nitrogen and oxygen atoms in total. The molecule has 0 spiro atoms. The Balaban J connectivity index is 1.67. The highest BCUT2D eigenvalue weighted by Gasteiger charge is 2.28. The lowest BCUT2D eigenvalue weighted by Gasteiger charge is -2.17. The van der Waals surface area contributed by atoms with Crippen molar-refractivity contribution in [1.29, 1.82) is 0 Å². The Hall–Kier alpha value is -3.84. The topological polar surface area (TPSA) is 93.7 Å². The smallest absolute Gasteiger partial charge is 0.328 e. The number of hydrogen-bond donors (Lipinski definition) is 2. The van der Waals surface area contributed by atoms with Crippen molar-refractivity contribution in [2.45, 2.75) is 20.5 Å². The molecule has 168 valence electrons. The summed E-state index contributed by atoms with van der Waals surface area (Å²) in [4.78, 5) is 35.3. The molecule has 1 heterocycles. The molecule has 4 amide bonds. The third-order valence-corrected chi connectivity index (χ3v) is 5.50. The summed E-state index contributed by atoms with van der Waals surface area (Å²) in [5.41, 5.74) is 2.37. The first-order valence-electron chi connectivity index (χ1n) is 10.3. The fraction of sp³-hybridized carbons (Fsp3) is 0.160. The van der Waals surface area contributed by atoms with E-state index < -0.39 is 17.8 Å². The molecular formula is C25H21ClN2O5. The Morgan fingerprint density at radius 1 is 0.970 bits per heavy atom. The second kappa shape index (κ2) is 9.34. The van der Waals surface area contributed by atoms with Gasteiger partial charge in [-0.1, -0.05) is 48.0 Å². The van der Waals surface area contributed by atoms with Crippen molar-refractivity contribution >= 4 is 46.3 Å². The number of urea groups is 1. The van der Waals surface area contributed by atoms with Crippen LogP contribution in [0.25, 0.3) is 16.8 Å². The summed E-state index contributed by atoms with van der Waals surface area (Å²) >= 11 is 6.52. The average molecular weight is 465 g/mol. The molecule has 0 bridgehead atoms. The van der Waals surface area contributed by atoms with Crippen LogP contribution in [0.2, 0.25) is 5.02 Å². The molecule has 0 saturated carbocycles. The van der Waals surface area contributed by atoms with Gasteiger partial charge in [-0.25, -0.2) is 4.79 Å². The Morgan fingerprint density at radius 3 is 2.42 bits per heavy atom. The summed E-state index contributed by atoms with van der Waals surface area (Å²) < 4.78 is 11.8. The maximum atomic E-state index is 12.0. The maximum Gasteiger partial charge on any atom is 0.328 e. The first-order chi connectivity index (χ1) is 15.9. The van der Waals surface area contributed by atoms with E-state index in [1.54, 1.807) is 12.1 Å². The van der Waals surface area contributed by atoms with Crippen molar-refractivity contribution in [1.82, 2.24) is 10.6 Å². The summed E-state index contributed by atoms with van der Waals surface area (Å²) in [6.07, 6.45) is 1.34. The normalized spacial score (nSPS) is 13.5. The van der Waals surface area contributed by atoms with Crippen LogP contribution in [0.3, 0.4) is 0 Å². The van der Waals surface area contributed by atoms with Gasteiger partial charge < -0.3 is 9.47 Å². The van der Waals surface area contributed by atoms with Gasteiger partial charge in [-0.3, -0.25) is 20.2 Å². The van der Waals surface area contributed by atoms with Crippen LogP contribution in [0.5, 0.6) is 11.5 Å². The molecule has 2 N–H and O–H groups in total. The number of carbonyl (C=O) groups is 3. The third-order valence-electron chi connectivity index (χ3n) is 5.22. The summed E-state index contributed by atoms with van der Waals surface area (Å²) in [6.45, 7) is 4.48. The van der Waals surface area contributed by atoms with E-state index in [4.69, 9.17) is 21.1 Å². The van der Waals surface area contributed by atoms with Gasteiger partial charge in [0.05, 0.1) is 11.6 Å². The number of ether oxygens (including phenoxy) is 2. The highest BCUT2D eigenvalue weighted by molar-refractivity contribution is 6.33. The standard InChI is InChI=1S/C25H21ClN2O5/c1-3-32-21-12-15(10-18-23(29)27-25(31)28-24(18)30)11-20(26)22(21)33-13-19-14(2)8-9-16-6-4-5-7-17(16)19/h4-12H,3,13H2,1-2H3,(H2,27,28,29,30,31). The Kier molecular flexibility index (Phi) is 6.33. The minimum atomic E-state index is -0.859. The molecule has 0 aliphatic carbocycles. The SMILES string of the molecule is CCOc1cc(C=C2C(=O)NC(=O)NC2=O)cc(Cl)c1OCc1c(C)ccc2ccccc12. The van der Waals surface area contributed by atoms with Crippen molar-refractivity contribution in [2.75, 3.05) is 6.61 Å². The van der Waals surface area contributed by atoms with E-state index in [9.17, 15) is 14.4 Å². The molecule has 8 heteroatoms. The molecule has 0 radical (unpaired) electrons. The second-order valence-corrected chi connectivity index (χ2v) is 7.84. The molecule has 3 aromatic carbocycles. The van der Waals surface area contributed by atoms with Crippen molar-refractivity contribution in [3.05, 3.63) is 75.8 Å². The van der Waals surface area contributed by atoms with Crippen molar-refractivity contribution in [3.8, 4) is 11.5 Å². The number of fused-ring (bicyclic) bond motifs is 1. The minimum Gasteiger partial charge on any atom is -0.490 e. The van der Waals surface area contributed by atoms with Crippen LogP contribution in [0.1, 0.15) is 23.6 Å². The number of nitrogens with one attached hydrogen (secondary N) is 2. The van der Waals surface area contributed by atoms with Gasteiger partial charge in [-0.05, 0) is 54.0 Å². The van der Waals surface area contributed by atoms with Gasteiger partial charge in [0.1, 0.15) is 12.2 Å². The van der Waals surface area contributed by atoms with E-state index in [1.165, 1.54) is 6.08 Å². The van der Waals surface area contributed by atoms with Crippen molar-refractivity contribution in [2.24, 2.45) is 0 Å².